The minimum atomic E-state index is -0.710. The summed E-state index contributed by atoms with van der Waals surface area (Å²) >= 11 is 0. The van der Waals surface area contributed by atoms with Crippen molar-refractivity contribution in [2.45, 2.75) is 79.6 Å². The lowest BCUT2D eigenvalue weighted by atomic mass is 9.66. The number of rotatable bonds is 12. The van der Waals surface area contributed by atoms with Crippen LogP contribution in [0.15, 0.2) is 267 Å². The van der Waals surface area contributed by atoms with Gasteiger partial charge in [0.15, 0.2) is 0 Å². The van der Waals surface area contributed by atoms with E-state index in [9.17, 15) is 0 Å². The molecular weight excluding hydrogens is 977 g/mol. The molecule has 2 atom stereocenters. The lowest BCUT2D eigenvalue weighted by Crippen LogP contribution is -2.29. The Balaban J connectivity index is 0.00000169. The van der Waals surface area contributed by atoms with Crippen LogP contribution < -0.4 is 9.80 Å². The van der Waals surface area contributed by atoms with Gasteiger partial charge in [-0.2, -0.15) is 0 Å². The van der Waals surface area contributed by atoms with Gasteiger partial charge >= 0.3 is 0 Å². The van der Waals surface area contributed by atoms with Crippen LogP contribution in [0.3, 0.4) is 0 Å². The van der Waals surface area contributed by atoms with Crippen LogP contribution in [0.4, 0.5) is 34.1 Å². The topological polar surface area (TPSA) is 6.48 Å². The van der Waals surface area contributed by atoms with Crippen LogP contribution >= 0.6 is 0 Å². The Morgan fingerprint density at radius 2 is 0.914 bits per heavy atom. The number of nitrogens with zero attached hydrogens (tertiary/aromatic N) is 2. The van der Waals surface area contributed by atoms with Crippen LogP contribution in [0.1, 0.15) is 106 Å². The zero-order chi connectivity index (χ0) is 55.9. The van der Waals surface area contributed by atoms with Crippen LogP contribution in [0.5, 0.6) is 0 Å². The lowest BCUT2D eigenvalue weighted by molar-refractivity contribution is 0.662. The van der Waals surface area contributed by atoms with E-state index < -0.39 is 5.41 Å². The van der Waals surface area contributed by atoms with Crippen LogP contribution in [-0.4, -0.2) is 0 Å². The summed E-state index contributed by atoms with van der Waals surface area (Å²) in [7, 11) is 0. The summed E-state index contributed by atoms with van der Waals surface area (Å²) in [5.41, 5.74) is 26.5. The number of hydrogen-bond acceptors (Lipinski definition) is 2. The van der Waals surface area contributed by atoms with Crippen molar-refractivity contribution in [3.63, 3.8) is 0 Å². The fourth-order valence-corrected chi connectivity index (χ4v) is 12.8. The van der Waals surface area contributed by atoms with Gasteiger partial charge in [-0.15, -0.1) is 0 Å². The van der Waals surface area contributed by atoms with Gasteiger partial charge in [0.2, 0.25) is 0 Å². The summed E-state index contributed by atoms with van der Waals surface area (Å²) < 4.78 is 0. The SMILES string of the molecule is CC.CC.CCCC1=C(c2ccccc2C)C2(c3ccccc3-c3ccc(N(c4ccccc4)c4ccc(-c5ccccc5)cc4)cc32)c2c1cccc2N(c1ccc(C2=CCCC(C)C=C2)cc1)c1ccc(-c2ccccc2)cc1. The Bertz CT molecular complexity index is 3870. The average Bonchev–Trinajstić information content (AvgIpc) is 1.90. The van der Waals surface area contributed by atoms with Crippen LogP contribution in [0.25, 0.3) is 50.1 Å². The highest BCUT2D eigenvalue weighted by atomic mass is 15.2. The zero-order valence-electron chi connectivity index (χ0n) is 48.2. The smallest absolute Gasteiger partial charge is 0.0749 e. The van der Waals surface area contributed by atoms with Gasteiger partial charge in [0.05, 0.1) is 11.1 Å². The monoisotopic (exact) mass is 1050 g/mol. The highest BCUT2D eigenvalue weighted by Gasteiger charge is 2.55. The molecule has 2 heteroatoms. The second-order valence-corrected chi connectivity index (χ2v) is 21.1. The molecule has 2 unspecified atom stereocenters. The maximum absolute atomic E-state index is 2.55. The molecule has 0 saturated heterocycles. The first-order chi connectivity index (χ1) is 40.0. The van der Waals surface area contributed by atoms with Crippen molar-refractivity contribution in [1.82, 2.24) is 0 Å². The predicted molar refractivity (Wildman–Crippen MR) is 350 cm³/mol. The fraction of sp³-hybridized carbons (Fsp3) is 0.165. The number of para-hydroxylation sites is 1. The molecule has 0 fully saturated rings. The van der Waals surface area contributed by atoms with E-state index in [1.54, 1.807) is 0 Å². The summed E-state index contributed by atoms with van der Waals surface area (Å²) in [6.45, 7) is 15.0. The summed E-state index contributed by atoms with van der Waals surface area (Å²) in [4.78, 5) is 5.00. The van der Waals surface area contributed by atoms with E-state index in [0.717, 1.165) is 47.7 Å². The summed E-state index contributed by atoms with van der Waals surface area (Å²) in [6.07, 6.45) is 11.3. The highest BCUT2D eigenvalue weighted by molar-refractivity contribution is 6.12. The molecule has 2 nitrogen and oxygen atoms in total. The van der Waals surface area contributed by atoms with E-state index in [4.69, 9.17) is 0 Å². The van der Waals surface area contributed by atoms with Gasteiger partial charge in [0.1, 0.15) is 0 Å². The standard InChI is InChI=1S/C75H62N2.2C2H6/c1-4-20-68-69-32-19-34-72(77(62-45-39-58(40-46-62)55-25-10-6-11-26-55)63-47-41-59(42-48-63)56-27-18-21-52(2)35-36-56)74(69)75(73(68)65-30-15-14-22-53(65)3)70-33-17-16-31-66(70)67-50-49-64(51-71(67)75)76(60-28-12-7-13-29-60)61-43-37-57(38-44-61)54-23-8-5-9-24-54;2*1-2/h5-17,19,22-52H,4,18,20-21H2,1-3H3;2*1-2H3. The molecule has 0 bridgehead atoms. The molecule has 10 aromatic carbocycles. The van der Waals surface area contributed by atoms with Crippen molar-refractivity contribution in [2.75, 3.05) is 9.80 Å². The Morgan fingerprint density at radius 3 is 1.52 bits per heavy atom. The van der Waals surface area contributed by atoms with Crippen molar-refractivity contribution in [3.05, 3.63) is 306 Å². The lowest BCUT2D eigenvalue weighted by Gasteiger charge is -2.38. The van der Waals surface area contributed by atoms with Crippen LogP contribution in [0.2, 0.25) is 0 Å². The molecule has 0 aromatic heterocycles. The average molecular weight is 1050 g/mol. The molecule has 0 aliphatic heterocycles. The Hall–Kier alpha value is -8.98. The molecule has 0 radical (unpaired) electrons. The summed E-state index contributed by atoms with van der Waals surface area (Å²) in [6, 6.07) is 92.9. The van der Waals surface area contributed by atoms with E-state index in [0.29, 0.717) is 5.92 Å². The number of anilines is 6. The molecule has 81 heavy (non-hydrogen) atoms. The molecule has 10 aromatic rings. The number of fused-ring (bicyclic) bond motifs is 7. The minimum absolute atomic E-state index is 0.565. The van der Waals surface area contributed by atoms with Crippen molar-refractivity contribution in [2.24, 2.45) is 5.92 Å². The number of allylic oxidation sites excluding steroid dienone is 6. The van der Waals surface area contributed by atoms with Gasteiger partial charge < -0.3 is 9.80 Å². The molecule has 0 saturated carbocycles. The van der Waals surface area contributed by atoms with Crippen molar-refractivity contribution in [3.8, 4) is 33.4 Å². The molecule has 0 amide bonds. The third-order valence-electron chi connectivity index (χ3n) is 16.4. The van der Waals surface area contributed by atoms with Crippen molar-refractivity contribution >= 4 is 50.8 Å². The minimum Gasteiger partial charge on any atom is -0.310 e. The molecular formula is C79H74N2. The van der Waals surface area contributed by atoms with Gasteiger partial charge in [-0.1, -0.05) is 248 Å². The molecule has 0 N–H and O–H groups in total. The van der Waals surface area contributed by atoms with Crippen LogP contribution in [-0.2, 0) is 5.41 Å². The molecule has 400 valence electrons. The number of benzene rings is 10. The maximum Gasteiger partial charge on any atom is 0.0749 e. The largest absolute Gasteiger partial charge is 0.310 e. The molecule has 0 heterocycles. The van der Waals surface area contributed by atoms with E-state index in [1.807, 2.05) is 27.7 Å². The Morgan fingerprint density at radius 1 is 0.432 bits per heavy atom. The van der Waals surface area contributed by atoms with Gasteiger partial charge in [-0.3, -0.25) is 0 Å². The van der Waals surface area contributed by atoms with Gasteiger partial charge in [0.25, 0.3) is 0 Å². The summed E-state index contributed by atoms with van der Waals surface area (Å²) in [5.74, 6) is 0.565. The molecule has 13 rings (SSSR count). The van der Waals surface area contributed by atoms with Crippen molar-refractivity contribution < 1.29 is 0 Å². The Labute approximate surface area is 482 Å². The zero-order valence-corrected chi connectivity index (χ0v) is 48.2. The molecule has 3 aliphatic rings. The Kier molecular flexibility index (Phi) is 16.1. The van der Waals surface area contributed by atoms with Crippen LogP contribution in [0, 0.1) is 12.8 Å². The second-order valence-electron chi connectivity index (χ2n) is 21.1. The van der Waals surface area contributed by atoms with E-state index >= 15 is 0 Å². The first-order valence-corrected chi connectivity index (χ1v) is 29.6. The number of hydrogen-bond donors (Lipinski definition) is 0. The quantitative estimate of drug-likeness (QED) is 0.120. The van der Waals surface area contributed by atoms with E-state index in [-0.39, 0.29) is 0 Å². The first-order valence-electron chi connectivity index (χ1n) is 29.6. The first kappa shape index (κ1) is 54.0. The highest BCUT2D eigenvalue weighted by Crippen LogP contribution is 2.68. The third kappa shape index (κ3) is 9.99. The van der Waals surface area contributed by atoms with Gasteiger partial charge in [-0.05, 0) is 182 Å². The van der Waals surface area contributed by atoms with Crippen molar-refractivity contribution in [1.29, 1.82) is 0 Å². The molecule has 1 spiro atoms. The van der Waals surface area contributed by atoms with E-state index in [2.05, 4.69) is 298 Å². The summed E-state index contributed by atoms with van der Waals surface area (Å²) in [5, 5.41) is 0. The van der Waals surface area contributed by atoms with E-state index in [1.165, 1.54) is 101 Å². The number of aryl methyl sites for hydroxylation is 1. The van der Waals surface area contributed by atoms with Gasteiger partial charge in [0, 0.05) is 34.0 Å². The molecule has 3 aliphatic carbocycles. The van der Waals surface area contributed by atoms with Gasteiger partial charge in [-0.25, -0.2) is 0 Å². The predicted octanol–water partition coefficient (Wildman–Crippen LogP) is 22.7. The maximum atomic E-state index is 2.55. The normalized spacial score (nSPS) is 15.5. The third-order valence-corrected chi connectivity index (χ3v) is 16.4. The second kappa shape index (κ2) is 24.2. The fourth-order valence-electron chi connectivity index (χ4n) is 12.8.